The van der Waals surface area contributed by atoms with E-state index in [1.807, 2.05) is 62.6 Å². The van der Waals surface area contributed by atoms with Crippen molar-refractivity contribution in [1.82, 2.24) is 25.4 Å². The fourth-order valence-corrected chi connectivity index (χ4v) is 4.91. The van der Waals surface area contributed by atoms with Gasteiger partial charge in [0.05, 0.1) is 28.4 Å². The van der Waals surface area contributed by atoms with Crippen LogP contribution in [0.5, 0.6) is 0 Å². The van der Waals surface area contributed by atoms with Crippen molar-refractivity contribution in [2.45, 2.75) is 51.5 Å². The van der Waals surface area contributed by atoms with Crippen molar-refractivity contribution in [3.05, 3.63) is 75.5 Å². The summed E-state index contributed by atoms with van der Waals surface area (Å²) in [5, 5.41) is 16.1. The maximum atomic E-state index is 13.0. The van der Waals surface area contributed by atoms with Crippen molar-refractivity contribution in [2.75, 3.05) is 5.75 Å². The molecule has 3 aromatic rings. The van der Waals surface area contributed by atoms with E-state index in [4.69, 9.17) is 23.2 Å². The molecule has 2 atom stereocenters. The summed E-state index contributed by atoms with van der Waals surface area (Å²) >= 11 is 13.5. The smallest absolute Gasteiger partial charge is 0.253 e. The second-order valence-electron chi connectivity index (χ2n) is 8.39. The number of amides is 2. The number of carbonyl (C=O) groups excluding carboxylic acids is 2. The second kappa shape index (κ2) is 12.4. The first-order valence-corrected chi connectivity index (χ1v) is 13.1. The van der Waals surface area contributed by atoms with Crippen LogP contribution in [0.15, 0.2) is 53.7 Å². The summed E-state index contributed by atoms with van der Waals surface area (Å²) in [6, 6.07) is 14.1. The highest BCUT2D eigenvalue weighted by atomic mass is 35.5. The van der Waals surface area contributed by atoms with Gasteiger partial charge in [-0.15, -0.1) is 10.2 Å². The van der Waals surface area contributed by atoms with Crippen LogP contribution in [-0.4, -0.2) is 32.3 Å². The van der Waals surface area contributed by atoms with Crippen LogP contribution in [0.1, 0.15) is 61.5 Å². The fourth-order valence-electron chi connectivity index (χ4n) is 3.59. The highest BCUT2D eigenvalue weighted by Gasteiger charge is 2.27. The Labute approximate surface area is 220 Å². The van der Waals surface area contributed by atoms with Gasteiger partial charge in [0.15, 0.2) is 11.0 Å². The Hall–Kier alpha value is -2.55. The normalized spacial score (nSPS) is 12.9. The predicted octanol–water partition coefficient (Wildman–Crippen LogP) is 5.70. The van der Waals surface area contributed by atoms with Crippen molar-refractivity contribution >= 4 is 46.8 Å². The lowest BCUT2D eigenvalue weighted by atomic mass is 10.0. The summed E-state index contributed by atoms with van der Waals surface area (Å²) in [5.41, 5.74) is 1.38. The molecule has 3 rings (SSSR count). The van der Waals surface area contributed by atoms with Gasteiger partial charge in [0, 0.05) is 11.6 Å². The number of hydrogen-bond donors (Lipinski definition) is 2. The van der Waals surface area contributed by atoms with E-state index in [0.717, 1.165) is 5.56 Å². The molecule has 2 aromatic carbocycles. The molecule has 0 unspecified atom stereocenters. The Balaban J connectivity index is 1.70. The van der Waals surface area contributed by atoms with E-state index < -0.39 is 6.04 Å². The Morgan fingerprint density at radius 1 is 1.03 bits per heavy atom. The van der Waals surface area contributed by atoms with Crippen LogP contribution in [0.3, 0.4) is 0 Å². The van der Waals surface area contributed by atoms with Crippen LogP contribution in [-0.2, 0) is 11.3 Å². The number of rotatable bonds is 10. The Morgan fingerprint density at radius 2 is 1.74 bits per heavy atom. The third kappa shape index (κ3) is 6.99. The number of hydrogen-bond acceptors (Lipinski definition) is 5. The van der Waals surface area contributed by atoms with E-state index in [0.29, 0.717) is 28.1 Å². The molecule has 0 saturated heterocycles. The molecule has 0 aliphatic carbocycles. The van der Waals surface area contributed by atoms with E-state index >= 15 is 0 Å². The van der Waals surface area contributed by atoms with Gasteiger partial charge < -0.3 is 15.2 Å². The number of nitrogens with one attached hydrogen (secondary N) is 2. The van der Waals surface area contributed by atoms with Gasteiger partial charge in [-0.25, -0.2) is 0 Å². The largest absolute Gasteiger partial charge is 0.349 e. The Kier molecular flexibility index (Phi) is 9.60. The lowest BCUT2D eigenvalue weighted by Crippen LogP contribution is -2.34. The van der Waals surface area contributed by atoms with Gasteiger partial charge in [0.25, 0.3) is 5.91 Å². The van der Waals surface area contributed by atoms with Crippen LogP contribution < -0.4 is 10.6 Å². The average Bonchev–Trinajstić information content (AvgIpc) is 3.23. The number of nitrogens with zero attached hydrogens (tertiary/aromatic N) is 3. The van der Waals surface area contributed by atoms with Crippen molar-refractivity contribution in [2.24, 2.45) is 5.92 Å². The third-order valence-electron chi connectivity index (χ3n) is 5.48. The summed E-state index contributed by atoms with van der Waals surface area (Å²) in [6.07, 6.45) is 0. The minimum Gasteiger partial charge on any atom is -0.349 e. The van der Waals surface area contributed by atoms with Crippen LogP contribution in [0, 0.1) is 5.92 Å². The minimum atomic E-state index is -0.400. The SMILES string of the molecule is CCn1c(SCC(=O)N[C@H](C)c2ccccc2)nnc1[C@H](NC(=O)c1ccc(Cl)cc1Cl)C(C)C. The van der Waals surface area contributed by atoms with Crippen LogP contribution in [0.25, 0.3) is 0 Å². The van der Waals surface area contributed by atoms with Gasteiger partial charge in [-0.05, 0) is 43.5 Å². The molecule has 0 saturated carbocycles. The quantitative estimate of drug-likeness (QED) is 0.326. The molecule has 0 bridgehead atoms. The molecule has 2 amide bonds. The maximum absolute atomic E-state index is 13.0. The van der Waals surface area contributed by atoms with Crippen molar-refractivity contribution in [3.8, 4) is 0 Å². The van der Waals surface area contributed by atoms with Gasteiger partial charge in [0.2, 0.25) is 5.91 Å². The average molecular weight is 535 g/mol. The number of carbonyl (C=O) groups is 2. The number of thioether (sulfide) groups is 1. The molecule has 10 heteroatoms. The minimum absolute atomic E-state index is 0.0346. The molecule has 0 aliphatic rings. The van der Waals surface area contributed by atoms with Gasteiger partial charge in [-0.3, -0.25) is 9.59 Å². The third-order valence-corrected chi connectivity index (χ3v) is 6.99. The van der Waals surface area contributed by atoms with Crippen LogP contribution in [0.4, 0.5) is 0 Å². The highest BCUT2D eigenvalue weighted by Crippen LogP contribution is 2.27. The molecule has 0 radical (unpaired) electrons. The molecule has 35 heavy (non-hydrogen) atoms. The zero-order chi connectivity index (χ0) is 25.5. The summed E-state index contributed by atoms with van der Waals surface area (Å²) in [5.74, 6) is 0.451. The molecule has 186 valence electrons. The molecule has 0 spiro atoms. The first-order valence-electron chi connectivity index (χ1n) is 11.4. The van der Waals surface area contributed by atoms with Crippen molar-refractivity contribution in [3.63, 3.8) is 0 Å². The topological polar surface area (TPSA) is 88.9 Å². The molecule has 1 aromatic heterocycles. The molecule has 7 nitrogen and oxygen atoms in total. The first kappa shape index (κ1) is 27.0. The van der Waals surface area contributed by atoms with Crippen LogP contribution in [0.2, 0.25) is 10.0 Å². The summed E-state index contributed by atoms with van der Waals surface area (Å²) < 4.78 is 1.92. The van der Waals surface area contributed by atoms with E-state index in [1.54, 1.807) is 12.1 Å². The number of aromatic nitrogens is 3. The predicted molar refractivity (Wildman–Crippen MR) is 141 cm³/mol. The molecular formula is C25H29Cl2N5O2S. The lowest BCUT2D eigenvalue weighted by molar-refractivity contribution is -0.119. The first-order chi connectivity index (χ1) is 16.7. The number of benzene rings is 2. The van der Waals surface area contributed by atoms with E-state index in [1.165, 1.54) is 17.8 Å². The summed E-state index contributed by atoms with van der Waals surface area (Å²) in [4.78, 5) is 25.5. The standard InChI is InChI=1S/C25H29Cl2N5O2S/c1-5-32-23(22(15(2)3)29-24(34)19-12-11-18(26)13-20(19)27)30-31-25(32)35-14-21(33)28-16(4)17-9-7-6-8-10-17/h6-13,15-16,22H,5,14H2,1-4H3,(H,28,33)(H,29,34)/t16-,22-/m1/s1. The van der Waals surface area contributed by atoms with E-state index in [9.17, 15) is 9.59 Å². The summed E-state index contributed by atoms with van der Waals surface area (Å²) in [6.45, 7) is 8.51. The Morgan fingerprint density at radius 3 is 2.37 bits per heavy atom. The highest BCUT2D eigenvalue weighted by molar-refractivity contribution is 7.99. The van der Waals surface area contributed by atoms with Gasteiger partial charge in [-0.2, -0.15) is 0 Å². The lowest BCUT2D eigenvalue weighted by Gasteiger charge is -2.23. The van der Waals surface area contributed by atoms with Crippen LogP contribution >= 0.6 is 35.0 Å². The van der Waals surface area contributed by atoms with E-state index in [2.05, 4.69) is 20.8 Å². The molecular weight excluding hydrogens is 505 g/mol. The molecule has 1 heterocycles. The fraction of sp³-hybridized carbons (Fsp3) is 0.360. The van der Waals surface area contributed by atoms with Crippen molar-refractivity contribution in [1.29, 1.82) is 0 Å². The second-order valence-corrected chi connectivity index (χ2v) is 10.2. The monoisotopic (exact) mass is 533 g/mol. The van der Waals surface area contributed by atoms with Gasteiger partial charge >= 0.3 is 0 Å². The molecule has 2 N–H and O–H groups in total. The molecule has 0 fully saturated rings. The number of halogens is 2. The van der Waals surface area contributed by atoms with Gasteiger partial charge in [-0.1, -0.05) is 79.1 Å². The van der Waals surface area contributed by atoms with Gasteiger partial charge in [0.1, 0.15) is 0 Å². The zero-order valence-electron chi connectivity index (χ0n) is 20.1. The molecule has 0 aliphatic heterocycles. The summed E-state index contributed by atoms with van der Waals surface area (Å²) in [7, 11) is 0. The zero-order valence-corrected chi connectivity index (χ0v) is 22.4. The van der Waals surface area contributed by atoms with Crippen molar-refractivity contribution < 1.29 is 9.59 Å². The maximum Gasteiger partial charge on any atom is 0.253 e. The van der Waals surface area contributed by atoms with E-state index in [-0.39, 0.29) is 34.5 Å². The Bertz CT molecular complexity index is 1170.